The summed E-state index contributed by atoms with van der Waals surface area (Å²) in [5.74, 6) is -1.76. The van der Waals surface area contributed by atoms with Crippen molar-refractivity contribution in [3.63, 3.8) is 0 Å². The summed E-state index contributed by atoms with van der Waals surface area (Å²) in [6, 6.07) is 10.9. The molecule has 41 heavy (non-hydrogen) atoms. The first-order chi connectivity index (χ1) is 19.7. The molecule has 0 spiro atoms. The normalized spacial score (nSPS) is 19.9. The second kappa shape index (κ2) is 13.9. The van der Waals surface area contributed by atoms with Gasteiger partial charge in [-0.2, -0.15) is 0 Å². The largest absolute Gasteiger partial charge is 0.467 e. The fraction of sp³-hybridized carbons (Fsp3) is 0.562. The van der Waals surface area contributed by atoms with E-state index in [1.807, 2.05) is 36.4 Å². The lowest BCUT2D eigenvalue weighted by Crippen LogP contribution is -2.57. The Labute approximate surface area is 242 Å². The average Bonchev–Trinajstić information content (AvgIpc) is 3.48. The van der Waals surface area contributed by atoms with Crippen LogP contribution in [0.1, 0.15) is 75.6 Å². The molecule has 2 aliphatic rings. The van der Waals surface area contributed by atoms with Gasteiger partial charge in [0.25, 0.3) is 5.91 Å². The summed E-state index contributed by atoms with van der Waals surface area (Å²) in [4.78, 5) is 54.4. The third-order valence-electron chi connectivity index (χ3n) is 8.56. The zero-order valence-electron chi connectivity index (χ0n) is 24.3. The van der Waals surface area contributed by atoms with Crippen molar-refractivity contribution in [3.8, 4) is 0 Å². The number of esters is 1. The first-order valence-electron chi connectivity index (χ1n) is 14.9. The molecule has 0 aromatic heterocycles. The van der Waals surface area contributed by atoms with E-state index >= 15 is 0 Å². The zero-order valence-corrected chi connectivity index (χ0v) is 24.3. The topological polar surface area (TPSA) is 125 Å². The predicted molar refractivity (Wildman–Crippen MR) is 156 cm³/mol. The van der Waals surface area contributed by atoms with E-state index in [9.17, 15) is 24.3 Å². The summed E-state index contributed by atoms with van der Waals surface area (Å²) >= 11 is 0. The van der Waals surface area contributed by atoms with E-state index in [1.165, 1.54) is 13.5 Å². The molecule has 4 rings (SSSR count). The van der Waals surface area contributed by atoms with E-state index in [0.29, 0.717) is 37.3 Å². The minimum absolute atomic E-state index is 0.251. The van der Waals surface area contributed by atoms with Crippen molar-refractivity contribution in [1.29, 1.82) is 0 Å². The lowest BCUT2D eigenvalue weighted by molar-refractivity contribution is -0.153. The summed E-state index contributed by atoms with van der Waals surface area (Å²) in [7, 11) is 1.18. The van der Waals surface area contributed by atoms with Crippen LogP contribution in [0, 0.1) is 11.8 Å². The Balaban J connectivity index is 1.52. The number of carbonyl (C=O) groups excluding carboxylic acids is 4. The highest BCUT2D eigenvalue weighted by Crippen LogP contribution is 2.29. The highest BCUT2D eigenvalue weighted by molar-refractivity contribution is 6.01. The van der Waals surface area contributed by atoms with Crippen LogP contribution in [0.4, 0.5) is 0 Å². The van der Waals surface area contributed by atoms with Crippen LogP contribution < -0.4 is 10.6 Å². The highest BCUT2D eigenvalue weighted by Gasteiger charge is 2.40. The van der Waals surface area contributed by atoms with Crippen LogP contribution in [-0.2, 0) is 19.1 Å². The number of hydrogen-bond donors (Lipinski definition) is 3. The summed E-state index contributed by atoms with van der Waals surface area (Å²) in [6.07, 6.45) is 5.54. The molecule has 2 aromatic rings. The molecule has 3 N–H and O–H groups in total. The predicted octanol–water partition coefficient (Wildman–Crippen LogP) is 3.57. The zero-order chi connectivity index (χ0) is 29.5. The Morgan fingerprint density at radius 2 is 1.66 bits per heavy atom. The van der Waals surface area contributed by atoms with E-state index in [4.69, 9.17) is 0 Å². The Bertz CT molecular complexity index is 1240. The molecule has 1 saturated heterocycles. The molecule has 1 heterocycles. The number of aliphatic hydroxyl groups is 1. The van der Waals surface area contributed by atoms with Gasteiger partial charge in [0.05, 0.1) is 13.2 Å². The Morgan fingerprint density at radius 1 is 0.951 bits per heavy atom. The average molecular weight is 566 g/mol. The molecule has 3 amide bonds. The van der Waals surface area contributed by atoms with Crippen molar-refractivity contribution < 1.29 is 29.0 Å². The molecular formula is C32H43N3O6. The summed E-state index contributed by atoms with van der Waals surface area (Å²) < 4.78 is 4.67. The van der Waals surface area contributed by atoms with E-state index in [-0.39, 0.29) is 17.7 Å². The molecule has 2 unspecified atom stereocenters. The lowest BCUT2D eigenvalue weighted by atomic mass is 9.84. The minimum atomic E-state index is -1.52. The molecule has 0 bridgehead atoms. The van der Waals surface area contributed by atoms with Gasteiger partial charge < -0.3 is 25.4 Å². The van der Waals surface area contributed by atoms with Gasteiger partial charge in [-0.15, -0.1) is 0 Å². The Kier molecular flexibility index (Phi) is 10.4. The maximum atomic E-state index is 14.0. The number of benzene rings is 2. The van der Waals surface area contributed by atoms with Gasteiger partial charge in [-0.3, -0.25) is 14.4 Å². The molecular weight excluding hydrogens is 522 g/mol. The molecule has 9 nitrogen and oxygen atoms in total. The number of rotatable bonds is 10. The number of amides is 3. The van der Waals surface area contributed by atoms with Crippen LogP contribution in [0.15, 0.2) is 42.5 Å². The second-order valence-electron chi connectivity index (χ2n) is 11.8. The molecule has 0 radical (unpaired) electrons. The van der Waals surface area contributed by atoms with Crippen molar-refractivity contribution in [1.82, 2.24) is 15.5 Å². The molecule has 2 fully saturated rings. The molecule has 222 valence electrons. The minimum Gasteiger partial charge on any atom is -0.467 e. The molecule has 1 aliphatic carbocycles. The molecule has 9 heteroatoms. The number of hydrogen-bond acceptors (Lipinski definition) is 6. The van der Waals surface area contributed by atoms with Crippen LogP contribution in [0.3, 0.4) is 0 Å². The lowest BCUT2D eigenvalue weighted by Gasteiger charge is -2.33. The number of nitrogens with one attached hydrogen (secondary N) is 2. The van der Waals surface area contributed by atoms with Crippen molar-refractivity contribution in [3.05, 3.63) is 48.0 Å². The summed E-state index contributed by atoms with van der Waals surface area (Å²) in [6.45, 7) is 3.98. The molecule has 1 aliphatic heterocycles. The first kappa shape index (κ1) is 30.5. The van der Waals surface area contributed by atoms with Gasteiger partial charge in [0.1, 0.15) is 12.1 Å². The standard InChI is InChI=1S/C32H43N3O6/c1-20(2)27(28(36)32(40)41-3)34-30(38)26-14-9-17-35(26)31(39)25(18-21-10-5-4-6-11-21)33-29(37)24-16-15-22-12-7-8-13-23(22)19-24/h7-8,12-13,15-16,19-21,25-28,36H,4-6,9-11,14,17-18H2,1-3H3,(H,33,37)(H,34,38)/t25-,26+,27?,28?/m1/s1. The maximum absolute atomic E-state index is 14.0. The van der Waals surface area contributed by atoms with Crippen LogP contribution >= 0.6 is 0 Å². The quantitative estimate of drug-likeness (QED) is 0.378. The third kappa shape index (κ3) is 7.44. The smallest absolute Gasteiger partial charge is 0.336 e. The van der Waals surface area contributed by atoms with Gasteiger partial charge in [-0.25, -0.2) is 4.79 Å². The van der Waals surface area contributed by atoms with Crippen molar-refractivity contribution in [2.75, 3.05) is 13.7 Å². The van der Waals surface area contributed by atoms with E-state index in [2.05, 4.69) is 15.4 Å². The van der Waals surface area contributed by atoms with Crippen LogP contribution in [-0.4, -0.2) is 71.6 Å². The maximum Gasteiger partial charge on any atom is 0.336 e. The van der Waals surface area contributed by atoms with Gasteiger partial charge >= 0.3 is 5.97 Å². The number of methoxy groups -OCH3 is 1. The summed E-state index contributed by atoms with van der Waals surface area (Å²) in [5, 5.41) is 18.2. The first-order valence-corrected chi connectivity index (χ1v) is 14.9. The number of carbonyl (C=O) groups is 4. The van der Waals surface area contributed by atoms with Gasteiger partial charge in [0, 0.05) is 12.1 Å². The van der Waals surface area contributed by atoms with Gasteiger partial charge in [0.15, 0.2) is 6.10 Å². The van der Waals surface area contributed by atoms with Crippen LogP contribution in [0.25, 0.3) is 10.8 Å². The van der Waals surface area contributed by atoms with E-state index in [0.717, 1.165) is 36.5 Å². The van der Waals surface area contributed by atoms with Crippen molar-refractivity contribution in [2.45, 2.75) is 89.4 Å². The van der Waals surface area contributed by atoms with E-state index in [1.54, 1.807) is 24.8 Å². The third-order valence-corrected chi connectivity index (χ3v) is 8.56. The highest BCUT2D eigenvalue weighted by atomic mass is 16.5. The number of nitrogens with zero attached hydrogens (tertiary/aromatic N) is 1. The van der Waals surface area contributed by atoms with E-state index < -0.39 is 36.1 Å². The monoisotopic (exact) mass is 565 g/mol. The van der Waals surface area contributed by atoms with Gasteiger partial charge in [-0.05, 0) is 54.0 Å². The number of likely N-dealkylation sites (tertiary alicyclic amines) is 1. The van der Waals surface area contributed by atoms with Crippen molar-refractivity contribution >= 4 is 34.5 Å². The van der Waals surface area contributed by atoms with Crippen molar-refractivity contribution in [2.24, 2.45) is 11.8 Å². The van der Waals surface area contributed by atoms with Gasteiger partial charge in [0.2, 0.25) is 11.8 Å². The fourth-order valence-electron chi connectivity index (χ4n) is 6.19. The Hall–Kier alpha value is -3.46. The molecule has 2 aromatic carbocycles. The fourth-order valence-corrected chi connectivity index (χ4v) is 6.19. The number of ether oxygens (including phenoxy) is 1. The van der Waals surface area contributed by atoms with Crippen LogP contribution in [0.5, 0.6) is 0 Å². The molecule has 4 atom stereocenters. The SMILES string of the molecule is COC(=O)C(O)C(NC(=O)[C@@H]1CCCN1C(=O)[C@@H](CC1CCCCC1)NC(=O)c1ccc2ccccc2c1)C(C)C. The van der Waals surface area contributed by atoms with Crippen LogP contribution in [0.2, 0.25) is 0 Å². The number of aliphatic hydroxyl groups excluding tert-OH is 1. The Morgan fingerprint density at radius 3 is 2.34 bits per heavy atom. The number of fused-ring (bicyclic) bond motifs is 1. The molecule has 1 saturated carbocycles. The second-order valence-corrected chi connectivity index (χ2v) is 11.8. The van der Waals surface area contributed by atoms with Gasteiger partial charge in [-0.1, -0.05) is 76.3 Å². The summed E-state index contributed by atoms with van der Waals surface area (Å²) in [5.41, 5.74) is 0.484.